The van der Waals surface area contributed by atoms with Crippen LogP contribution in [0.15, 0.2) is 52.3 Å². The van der Waals surface area contributed by atoms with Gasteiger partial charge in [0, 0.05) is 38.0 Å². The lowest BCUT2D eigenvalue weighted by Crippen LogP contribution is -2.48. The first-order chi connectivity index (χ1) is 15.1. The van der Waals surface area contributed by atoms with Crippen LogP contribution in [0.3, 0.4) is 0 Å². The van der Waals surface area contributed by atoms with Gasteiger partial charge in [-0.15, -0.1) is 0 Å². The second-order valence-electron chi connectivity index (χ2n) is 7.58. The molecule has 1 aliphatic heterocycles. The van der Waals surface area contributed by atoms with Crippen LogP contribution in [0, 0.1) is 0 Å². The third-order valence-corrected chi connectivity index (χ3v) is 9.37. The first-order valence-electron chi connectivity index (χ1n) is 10.1. The van der Waals surface area contributed by atoms with Gasteiger partial charge in [-0.1, -0.05) is 30.4 Å². The van der Waals surface area contributed by atoms with Crippen LogP contribution in [0.5, 0.6) is 0 Å². The molecule has 0 unspecified atom stereocenters. The number of sulfone groups is 2. The topological polar surface area (TPSA) is 105 Å². The molecule has 32 heavy (non-hydrogen) atoms. The molecule has 0 atom stereocenters. The summed E-state index contributed by atoms with van der Waals surface area (Å²) in [6.45, 7) is 3.58. The minimum absolute atomic E-state index is 0.0213. The molecule has 0 saturated carbocycles. The fourth-order valence-electron chi connectivity index (χ4n) is 3.62. The van der Waals surface area contributed by atoms with Gasteiger partial charge in [0.05, 0.1) is 20.2 Å². The Morgan fingerprint density at radius 3 is 2.38 bits per heavy atom. The molecule has 1 fully saturated rings. The molecule has 0 N–H and O–H groups in total. The van der Waals surface area contributed by atoms with Gasteiger partial charge in [-0.2, -0.15) is 0 Å². The Hall–Kier alpha value is -2.50. The molecule has 1 saturated heterocycles. The molecule has 0 radical (unpaired) electrons. The summed E-state index contributed by atoms with van der Waals surface area (Å²) < 4.78 is 49.2. The van der Waals surface area contributed by atoms with Crippen molar-refractivity contribution in [2.75, 3.05) is 43.1 Å². The Bertz CT molecular complexity index is 1390. The van der Waals surface area contributed by atoms with Crippen LogP contribution in [0.4, 0.5) is 5.13 Å². The van der Waals surface area contributed by atoms with E-state index in [2.05, 4.69) is 4.98 Å². The van der Waals surface area contributed by atoms with Crippen LogP contribution in [0.2, 0.25) is 0 Å². The summed E-state index contributed by atoms with van der Waals surface area (Å²) in [5.74, 6) is -0.228. The zero-order valence-electron chi connectivity index (χ0n) is 17.7. The molecule has 1 aliphatic rings. The SMILES string of the molecule is CCS(=O)(=O)c1cccc(C(=O)N2CCN(c3nc4c(S(C)(=O)=O)cccc4s3)CC2)c1. The van der Waals surface area contributed by atoms with Gasteiger partial charge >= 0.3 is 0 Å². The first kappa shape index (κ1) is 22.7. The van der Waals surface area contributed by atoms with Crippen LogP contribution in [0.25, 0.3) is 10.2 Å². The molecule has 170 valence electrons. The van der Waals surface area contributed by atoms with Gasteiger partial charge < -0.3 is 9.80 Å². The predicted octanol–water partition coefficient (Wildman–Crippen LogP) is 2.46. The Morgan fingerprint density at radius 2 is 1.72 bits per heavy atom. The number of benzene rings is 2. The molecule has 1 amide bonds. The molecule has 0 bridgehead atoms. The fourth-order valence-corrected chi connectivity index (χ4v) is 6.49. The molecule has 8 nitrogen and oxygen atoms in total. The molecule has 0 aliphatic carbocycles. The van der Waals surface area contributed by atoms with E-state index in [-0.39, 0.29) is 21.5 Å². The van der Waals surface area contributed by atoms with E-state index in [0.717, 1.165) is 9.83 Å². The number of fused-ring (bicyclic) bond motifs is 1. The van der Waals surface area contributed by atoms with Gasteiger partial charge in [-0.3, -0.25) is 4.79 Å². The van der Waals surface area contributed by atoms with Gasteiger partial charge in [0.1, 0.15) is 5.52 Å². The lowest BCUT2D eigenvalue weighted by Gasteiger charge is -2.34. The summed E-state index contributed by atoms with van der Waals surface area (Å²) in [6.07, 6.45) is 1.17. The Kier molecular flexibility index (Phi) is 5.99. The number of hydrogen-bond donors (Lipinski definition) is 0. The van der Waals surface area contributed by atoms with Crippen molar-refractivity contribution in [3.05, 3.63) is 48.0 Å². The number of thiazole rings is 1. The van der Waals surface area contributed by atoms with E-state index in [1.54, 1.807) is 36.1 Å². The normalized spacial score (nSPS) is 15.3. The maximum Gasteiger partial charge on any atom is 0.254 e. The van der Waals surface area contributed by atoms with Crippen LogP contribution in [0.1, 0.15) is 17.3 Å². The molecular weight excluding hydrogens is 470 g/mol. The quantitative estimate of drug-likeness (QED) is 0.538. The van der Waals surface area contributed by atoms with E-state index in [1.807, 2.05) is 11.0 Å². The highest BCUT2D eigenvalue weighted by molar-refractivity contribution is 7.91. The van der Waals surface area contributed by atoms with Gasteiger partial charge in [0.15, 0.2) is 24.8 Å². The van der Waals surface area contributed by atoms with Crippen molar-refractivity contribution < 1.29 is 21.6 Å². The summed E-state index contributed by atoms with van der Waals surface area (Å²) in [5, 5.41) is 0.722. The molecule has 11 heteroatoms. The van der Waals surface area contributed by atoms with Crippen LogP contribution < -0.4 is 4.90 Å². The van der Waals surface area contributed by atoms with Crippen LogP contribution in [-0.4, -0.2) is 70.8 Å². The monoisotopic (exact) mass is 493 g/mol. The lowest BCUT2D eigenvalue weighted by molar-refractivity contribution is 0.0746. The second kappa shape index (κ2) is 8.45. The number of rotatable bonds is 5. The summed E-state index contributed by atoms with van der Waals surface area (Å²) in [6, 6.07) is 11.3. The largest absolute Gasteiger partial charge is 0.345 e. The number of para-hydroxylation sites is 1. The van der Waals surface area contributed by atoms with E-state index >= 15 is 0 Å². The zero-order chi connectivity index (χ0) is 23.1. The van der Waals surface area contributed by atoms with Crippen molar-refractivity contribution in [3.8, 4) is 0 Å². The number of carbonyl (C=O) groups excluding carboxylic acids is 1. The van der Waals surface area contributed by atoms with E-state index in [0.29, 0.717) is 37.3 Å². The summed E-state index contributed by atoms with van der Waals surface area (Å²) in [5.41, 5.74) is 0.827. The first-order valence-corrected chi connectivity index (χ1v) is 14.4. The van der Waals surface area contributed by atoms with E-state index in [1.165, 1.54) is 29.7 Å². The Morgan fingerprint density at radius 1 is 1.03 bits per heavy atom. The average Bonchev–Trinajstić information content (AvgIpc) is 3.22. The van der Waals surface area contributed by atoms with E-state index in [4.69, 9.17) is 0 Å². The van der Waals surface area contributed by atoms with E-state index < -0.39 is 19.7 Å². The van der Waals surface area contributed by atoms with Crippen LogP contribution in [-0.2, 0) is 19.7 Å². The van der Waals surface area contributed by atoms with Crippen LogP contribution >= 0.6 is 11.3 Å². The molecule has 2 heterocycles. The third kappa shape index (κ3) is 4.37. The minimum atomic E-state index is -3.39. The highest BCUT2D eigenvalue weighted by atomic mass is 32.2. The van der Waals surface area contributed by atoms with Gasteiger partial charge in [-0.25, -0.2) is 21.8 Å². The molecule has 1 aromatic heterocycles. The molecule has 2 aromatic carbocycles. The number of nitrogens with zero attached hydrogens (tertiary/aromatic N) is 3. The maximum atomic E-state index is 12.9. The Labute approximate surface area is 191 Å². The fraction of sp³-hybridized carbons (Fsp3) is 0.333. The molecule has 3 aromatic rings. The molecule has 0 spiro atoms. The van der Waals surface area contributed by atoms with Gasteiger partial charge in [0.2, 0.25) is 0 Å². The number of hydrogen-bond acceptors (Lipinski definition) is 8. The predicted molar refractivity (Wildman–Crippen MR) is 125 cm³/mol. The number of anilines is 1. The van der Waals surface area contributed by atoms with Crippen molar-refractivity contribution in [1.82, 2.24) is 9.88 Å². The highest BCUT2D eigenvalue weighted by Gasteiger charge is 2.26. The summed E-state index contributed by atoms with van der Waals surface area (Å²) >= 11 is 1.43. The maximum absolute atomic E-state index is 12.9. The van der Waals surface area contributed by atoms with E-state index in [9.17, 15) is 21.6 Å². The molecule has 4 rings (SSSR count). The smallest absolute Gasteiger partial charge is 0.254 e. The highest BCUT2D eigenvalue weighted by Crippen LogP contribution is 2.33. The van der Waals surface area contributed by atoms with Gasteiger partial charge in [0.25, 0.3) is 5.91 Å². The number of piperazine rings is 1. The van der Waals surface area contributed by atoms with Crippen molar-refractivity contribution in [1.29, 1.82) is 0 Å². The lowest BCUT2D eigenvalue weighted by atomic mass is 10.2. The zero-order valence-corrected chi connectivity index (χ0v) is 20.1. The number of aromatic nitrogens is 1. The average molecular weight is 494 g/mol. The molecular formula is C21H23N3O5S3. The van der Waals surface area contributed by atoms with Crippen molar-refractivity contribution in [3.63, 3.8) is 0 Å². The Balaban J connectivity index is 1.50. The van der Waals surface area contributed by atoms with Gasteiger partial charge in [-0.05, 0) is 30.3 Å². The summed E-state index contributed by atoms with van der Waals surface area (Å²) in [7, 11) is -6.77. The minimum Gasteiger partial charge on any atom is -0.345 e. The number of amides is 1. The van der Waals surface area contributed by atoms with Crippen molar-refractivity contribution >= 4 is 52.3 Å². The van der Waals surface area contributed by atoms with Crippen molar-refractivity contribution in [2.45, 2.75) is 16.7 Å². The summed E-state index contributed by atoms with van der Waals surface area (Å²) in [4.78, 5) is 21.6. The second-order valence-corrected chi connectivity index (χ2v) is 12.9. The van der Waals surface area contributed by atoms with Crippen molar-refractivity contribution in [2.24, 2.45) is 0 Å². The third-order valence-electron chi connectivity index (χ3n) is 5.43. The standard InChI is InChI=1S/C21H23N3O5S3/c1-3-32(28,29)16-7-4-6-15(14-16)20(25)23-10-12-24(13-11-23)21-22-19-17(30-21)8-5-9-18(19)31(2,26)27/h4-9,14H,3,10-13H2,1-2H3. The number of carbonyl (C=O) groups is 1.